The number of alkyl halides is 3. The Kier molecular flexibility index (Phi) is 7.08. The minimum absolute atomic E-state index is 0.261. The van der Waals surface area contributed by atoms with E-state index in [4.69, 9.17) is 4.74 Å². The lowest BCUT2D eigenvalue weighted by Crippen LogP contribution is -2.37. The molecule has 170 valence electrons. The number of ether oxygens (including phenoxy) is 1. The average Bonchev–Trinajstić information content (AvgIpc) is 2.73. The molecule has 6 nitrogen and oxygen atoms in total. The predicted octanol–water partition coefficient (Wildman–Crippen LogP) is 4.22. The van der Waals surface area contributed by atoms with Crippen LogP contribution in [-0.4, -0.2) is 44.3 Å². The van der Waals surface area contributed by atoms with E-state index in [9.17, 15) is 21.6 Å². The SMILES string of the molecule is CC(CCOc1ccc(S(C)(=O)=O)cc1)C1CCN(c2ncc(C(F)(F)F)cn2)CC1. The lowest BCUT2D eigenvalue weighted by molar-refractivity contribution is -0.138. The van der Waals surface area contributed by atoms with Gasteiger partial charge in [0.2, 0.25) is 5.95 Å². The highest BCUT2D eigenvalue weighted by atomic mass is 32.2. The molecule has 0 spiro atoms. The fraction of sp³-hybridized carbons (Fsp3) is 0.524. The molecule has 1 atom stereocenters. The lowest BCUT2D eigenvalue weighted by atomic mass is 9.84. The van der Waals surface area contributed by atoms with Gasteiger partial charge in [0.05, 0.1) is 17.1 Å². The molecule has 0 saturated carbocycles. The first-order chi connectivity index (χ1) is 14.5. The number of anilines is 1. The van der Waals surface area contributed by atoms with Gasteiger partial charge in [0.1, 0.15) is 5.75 Å². The monoisotopic (exact) mass is 457 g/mol. The van der Waals surface area contributed by atoms with Crippen LogP contribution in [0.25, 0.3) is 0 Å². The Morgan fingerprint density at radius 2 is 1.71 bits per heavy atom. The summed E-state index contributed by atoms with van der Waals surface area (Å²) in [6.07, 6.45) is 1.07. The van der Waals surface area contributed by atoms with Crippen molar-refractivity contribution in [1.29, 1.82) is 0 Å². The second kappa shape index (κ2) is 9.42. The third kappa shape index (κ3) is 6.32. The number of rotatable bonds is 7. The molecule has 10 heteroatoms. The molecule has 3 rings (SSSR count). The molecule has 2 heterocycles. The van der Waals surface area contributed by atoms with Crippen molar-refractivity contribution in [1.82, 2.24) is 9.97 Å². The van der Waals surface area contributed by atoms with Gasteiger partial charge >= 0.3 is 6.18 Å². The molecule has 0 bridgehead atoms. The van der Waals surface area contributed by atoms with Crippen LogP contribution in [0.5, 0.6) is 5.75 Å². The summed E-state index contributed by atoms with van der Waals surface area (Å²) in [5.41, 5.74) is -0.842. The van der Waals surface area contributed by atoms with Crippen LogP contribution in [0.2, 0.25) is 0 Å². The second-order valence-electron chi connectivity index (χ2n) is 7.95. The van der Waals surface area contributed by atoms with Crippen molar-refractivity contribution in [3.8, 4) is 5.75 Å². The second-order valence-corrected chi connectivity index (χ2v) is 9.97. The van der Waals surface area contributed by atoms with E-state index in [1.54, 1.807) is 12.1 Å². The van der Waals surface area contributed by atoms with Crippen LogP contribution in [-0.2, 0) is 16.0 Å². The number of aromatic nitrogens is 2. The molecule has 0 amide bonds. The highest BCUT2D eigenvalue weighted by Gasteiger charge is 2.32. The minimum atomic E-state index is -4.43. The number of nitrogens with zero attached hydrogens (tertiary/aromatic N) is 3. The molecule has 0 aliphatic carbocycles. The van der Waals surface area contributed by atoms with Crippen LogP contribution >= 0.6 is 0 Å². The quantitative estimate of drug-likeness (QED) is 0.620. The maximum atomic E-state index is 12.6. The molecular weight excluding hydrogens is 431 g/mol. The smallest absolute Gasteiger partial charge is 0.419 e. The van der Waals surface area contributed by atoms with E-state index in [1.807, 2.05) is 4.90 Å². The standard InChI is InChI=1S/C21H26F3N3O3S/c1-15(9-12-30-18-3-5-19(6-4-18)31(2,28)29)16-7-10-27(11-8-16)20-25-13-17(14-26-20)21(22,23)24/h3-6,13-16H,7-12H2,1-2H3. The van der Waals surface area contributed by atoms with Gasteiger partial charge in [0.15, 0.2) is 9.84 Å². The highest BCUT2D eigenvalue weighted by molar-refractivity contribution is 7.90. The van der Waals surface area contributed by atoms with Crippen LogP contribution < -0.4 is 9.64 Å². The Morgan fingerprint density at radius 1 is 1.13 bits per heavy atom. The van der Waals surface area contributed by atoms with Crippen LogP contribution in [0.15, 0.2) is 41.6 Å². The Balaban J connectivity index is 1.43. The van der Waals surface area contributed by atoms with Gasteiger partial charge in [-0.25, -0.2) is 18.4 Å². The average molecular weight is 458 g/mol. The Bertz CT molecular complexity index is 956. The van der Waals surface area contributed by atoms with Crippen LogP contribution in [0, 0.1) is 11.8 Å². The largest absolute Gasteiger partial charge is 0.494 e. The van der Waals surface area contributed by atoms with Crippen LogP contribution in [0.3, 0.4) is 0 Å². The molecule has 31 heavy (non-hydrogen) atoms. The summed E-state index contributed by atoms with van der Waals surface area (Å²) >= 11 is 0. The first kappa shape index (κ1) is 23.3. The van der Waals surface area contributed by atoms with E-state index in [-0.39, 0.29) is 4.90 Å². The van der Waals surface area contributed by atoms with Gasteiger partial charge < -0.3 is 9.64 Å². The maximum absolute atomic E-state index is 12.6. The number of halogens is 3. The molecule has 1 aliphatic heterocycles. The first-order valence-corrected chi connectivity index (χ1v) is 12.0. The van der Waals surface area contributed by atoms with Gasteiger partial charge in [-0.05, 0) is 55.4 Å². The van der Waals surface area contributed by atoms with Gasteiger partial charge in [0.25, 0.3) is 0 Å². The van der Waals surface area contributed by atoms with Crippen molar-refractivity contribution >= 4 is 15.8 Å². The molecule has 0 radical (unpaired) electrons. The summed E-state index contributed by atoms with van der Waals surface area (Å²) < 4.78 is 66.7. The molecule has 1 aromatic heterocycles. The van der Waals surface area contributed by atoms with Crippen molar-refractivity contribution in [3.63, 3.8) is 0 Å². The van der Waals surface area contributed by atoms with Crippen LogP contribution in [0.4, 0.5) is 19.1 Å². The van der Waals surface area contributed by atoms with E-state index >= 15 is 0 Å². The molecule has 1 fully saturated rings. The van der Waals surface area contributed by atoms with Crippen molar-refractivity contribution < 1.29 is 26.3 Å². The van der Waals surface area contributed by atoms with Crippen molar-refractivity contribution in [2.24, 2.45) is 11.8 Å². The van der Waals surface area contributed by atoms with Gasteiger partial charge in [-0.15, -0.1) is 0 Å². The molecule has 2 aromatic rings. The van der Waals surface area contributed by atoms with E-state index in [0.717, 1.165) is 31.7 Å². The van der Waals surface area contributed by atoms with Gasteiger partial charge in [-0.2, -0.15) is 13.2 Å². The lowest BCUT2D eigenvalue weighted by Gasteiger charge is -2.35. The molecule has 1 aromatic carbocycles. The molecule has 1 unspecified atom stereocenters. The normalized spacial score (nSPS) is 16.9. The summed E-state index contributed by atoms with van der Waals surface area (Å²) in [4.78, 5) is 9.94. The number of hydrogen-bond donors (Lipinski definition) is 0. The fourth-order valence-electron chi connectivity index (χ4n) is 3.68. The van der Waals surface area contributed by atoms with Crippen molar-refractivity contribution in [2.45, 2.75) is 37.3 Å². The summed E-state index contributed by atoms with van der Waals surface area (Å²) in [7, 11) is -3.22. The zero-order chi connectivity index (χ0) is 22.6. The third-order valence-electron chi connectivity index (χ3n) is 5.69. The molecule has 1 saturated heterocycles. The zero-order valence-corrected chi connectivity index (χ0v) is 18.3. The summed E-state index contributed by atoms with van der Waals surface area (Å²) in [5.74, 6) is 1.88. The summed E-state index contributed by atoms with van der Waals surface area (Å²) in [6.45, 7) is 4.11. The molecule has 1 aliphatic rings. The van der Waals surface area contributed by atoms with E-state index in [1.165, 1.54) is 18.4 Å². The van der Waals surface area contributed by atoms with Gasteiger partial charge in [-0.3, -0.25) is 0 Å². The van der Waals surface area contributed by atoms with E-state index in [2.05, 4.69) is 16.9 Å². The number of sulfone groups is 1. The topological polar surface area (TPSA) is 72.4 Å². The zero-order valence-electron chi connectivity index (χ0n) is 17.5. The van der Waals surface area contributed by atoms with E-state index < -0.39 is 21.6 Å². The summed E-state index contributed by atoms with van der Waals surface area (Å²) in [6, 6.07) is 6.38. The first-order valence-electron chi connectivity index (χ1n) is 10.1. The number of piperidine rings is 1. The Morgan fingerprint density at radius 3 is 2.23 bits per heavy atom. The van der Waals surface area contributed by atoms with Gasteiger partial charge in [0, 0.05) is 31.7 Å². The molecular formula is C21H26F3N3O3S. The van der Waals surface area contributed by atoms with Crippen LogP contribution in [0.1, 0.15) is 31.7 Å². The molecule has 0 N–H and O–H groups in total. The third-order valence-corrected chi connectivity index (χ3v) is 6.82. The minimum Gasteiger partial charge on any atom is -0.494 e. The number of benzene rings is 1. The Hall–Kier alpha value is -2.36. The van der Waals surface area contributed by atoms with Crippen molar-refractivity contribution in [3.05, 3.63) is 42.2 Å². The van der Waals surface area contributed by atoms with Crippen molar-refractivity contribution in [2.75, 3.05) is 30.9 Å². The maximum Gasteiger partial charge on any atom is 0.419 e. The predicted molar refractivity (Wildman–Crippen MR) is 111 cm³/mol. The highest BCUT2D eigenvalue weighted by Crippen LogP contribution is 2.31. The number of hydrogen-bond acceptors (Lipinski definition) is 6. The fourth-order valence-corrected chi connectivity index (χ4v) is 4.31. The van der Waals surface area contributed by atoms with E-state index in [0.29, 0.717) is 43.2 Å². The summed E-state index contributed by atoms with van der Waals surface area (Å²) in [5, 5.41) is 0. The van der Waals surface area contributed by atoms with Gasteiger partial charge in [-0.1, -0.05) is 6.92 Å². The Labute approximate surface area is 180 Å².